The molecule has 3 fully saturated rings. The summed E-state index contributed by atoms with van der Waals surface area (Å²) in [7, 11) is 0. The van der Waals surface area contributed by atoms with E-state index >= 15 is 0 Å². The summed E-state index contributed by atoms with van der Waals surface area (Å²) in [5, 5.41) is 42.1. The molecule has 0 aliphatic heterocycles. The maximum absolute atomic E-state index is 13.3. The summed E-state index contributed by atoms with van der Waals surface area (Å²) in [4.78, 5) is 53.9. The molecular formula is C29H42N2O10. The summed E-state index contributed by atoms with van der Waals surface area (Å²) in [6.07, 6.45) is 8.68. The van der Waals surface area contributed by atoms with Gasteiger partial charge in [0.25, 0.3) is 0 Å². The normalized spacial score (nSPS) is 35.8. The Labute approximate surface area is 239 Å². The first kappa shape index (κ1) is 31.5. The van der Waals surface area contributed by atoms with Crippen molar-refractivity contribution in [2.24, 2.45) is 28.6 Å². The lowest BCUT2D eigenvalue weighted by atomic mass is 9.46. The number of esters is 1. The van der Waals surface area contributed by atoms with Crippen LogP contribution in [-0.4, -0.2) is 80.9 Å². The number of fused-ring (bicyclic) bond motifs is 5. The van der Waals surface area contributed by atoms with Crippen molar-refractivity contribution in [1.29, 1.82) is 0 Å². The minimum atomic E-state index is -1.75. The van der Waals surface area contributed by atoms with Crippen LogP contribution in [0.25, 0.3) is 0 Å². The number of Topliss-reactive ketones (excluding diaryl/α,β-unsaturated/α-hetero) is 1. The number of carbonyl (C=O) groups is 4. The first-order valence-corrected chi connectivity index (χ1v) is 14.4. The SMILES string of the molecule is C[C@]12C=CC(=O)C=C1CC[C@@H]1[C@@H]2[C@@H](O)C[C@@]2(C)[C@H]1CC[C@]2(O)C(=O)COC(=O)CNC(=O)CCCCCON(O)O. The summed E-state index contributed by atoms with van der Waals surface area (Å²) in [6, 6.07) is 0. The molecule has 0 aromatic carbocycles. The van der Waals surface area contributed by atoms with Gasteiger partial charge < -0.3 is 20.3 Å². The highest BCUT2D eigenvalue weighted by molar-refractivity contribution is 6.01. The van der Waals surface area contributed by atoms with E-state index in [1.54, 1.807) is 12.2 Å². The highest BCUT2D eigenvalue weighted by Crippen LogP contribution is 2.67. The Kier molecular flexibility index (Phi) is 9.52. The molecule has 0 radical (unpaired) electrons. The maximum atomic E-state index is 13.3. The predicted molar refractivity (Wildman–Crippen MR) is 142 cm³/mol. The Bertz CT molecular complexity index is 1110. The highest BCUT2D eigenvalue weighted by Gasteiger charge is 2.68. The topological polar surface area (TPSA) is 183 Å². The number of unbranched alkanes of at least 4 members (excludes halogenated alkanes) is 2. The molecule has 228 valence electrons. The van der Waals surface area contributed by atoms with Crippen molar-refractivity contribution in [3.8, 4) is 0 Å². The van der Waals surface area contributed by atoms with Crippen molar-refractivity contribution in [3.63, 3.8) is 0 Å². The number of hydrogen-bond donors (Lipinski definition) is 5. The molecule has 0 bridgehead atoms. The number of amides is 1. The number of ketones is 2. The number of nitrogens with one attached hydrogen (secondary N) is 1. The largest absolute Gasteiger partial charge is 0.456 e. The molecule has 0 aromatic heterocycles. The Morgan fingerprint density at radius 1 is 1.15 bits per heavy atom. The van der Waals surface area contributed by atoms with Crippen molar-refractivity contribution in [2.45, 2.75) is 83.3 Å². The van der Waals surface area contributed by atoms with Gasteiger partial charge in [0.2, 0.25) is 11.7 Å². The van der Waals surface area contributed by atoms with Crippen molar-refractivity contribution in [1.82, 2.24) is 10.7 Å². The number of rotatable bonds is 12. The summed E-state index contributed by atoms with van der Waals surface area (Å²) in [5.74, 6) is -1.88. The van der Waals surface area contributed by atoms with Crippen LogP contribution >= 0.6 is 0 Å². The molecule has 4 aliphatic carbocycles. The van der Waals surface area contributed by atoms with Gasteiger partial charge in [-0.2, -0.15) is 0 Å². The lowest BCUT2D eigenvalue weighted by Gasteiger charge is -2.59. The van der Waals surface area contributed by atoms with Crippen LogP contribution in [0.3, 0.4) is 0 Å². The molecule has 0 spiro atoms. The van der Waals surface area contributed by atoms with Gasteiger partial charge in [0, 0.05) is 23.2 Å². The third kappa shape index (κ3) is 6.18. The molecule has 7 atom stereocenters. The van der Waals surface area contributed by atoms with Crippen LogP contribution in [0.1, 0.15) is 71.6 Å². The van der Waals surface area contributed by atoms with Crippen LogP contribution in [0.5, 0.6) is 0 Å². The lowest BCUT2D eigenvalue weighted by molar-refractivity contribution is -0.492. The minimum Gasteiger partial charge on any atom is -0.456 e. The van der Waals surface area contributed by atoms with E-state index in [1.165, 1.54) is 0 Å². The molecule has 4 rings (SSSR count). The molecule has 1 amide bonds. The average molecular weight is 579 g/mol. The van der Waals surface area contributed by atoms with Gasteiger partial charge in [0.05, 0.1) is 18.1 Å². The molecule has 12 nitrogen and oxygen atoms in total. The van der Waals surface area contributed by atoms with Gasteiger partial charge in [-0.15, -0.1) is 0 Å². The third-order valence-corrected chi connectivity index (χ3v) is 10.2. The first-order valence-electron chi connectivity index (χ1n) is 14.4. The van der Waals surface area contributed by atoms with E-state index in [0.29, 0.717) is 25.7 Å². The van der Waals surface area contributed by atoms with E-state index in [4.69, 9.17) is 15.2 Å². The quantitative estimate of drug-likeness (QED) is 0.129. The molecule has 0 aromatic rings. The number of carbonyl (C=O) groups excluding carboxylic acids is 4. The molecule has 0 unspecified atom stereocenters. The Hall–Kier alpha value is -2.48. The van der Waals surface area contributed by atoms with Gasteiger partial charge in [-0.25, -0.2) is 0 Å². The van der Waals surface area contributed by atoms with Gasteiger partial charge in [-0.05, 0) is 68.9 Å². The van der Waals surface area contributed by atoms with E-state index in [0.717, 1.165) is 18.4 Å². The second kappa shape index (κ2) is 12.4. The number of aliphatic hydroxyl groups excluding tert-OH is 1. The first-order chi connectivity index (χ1) is 19.3. The Morgan fingerprint density at radius 3 is 2.63 bits per heavy atom. The molecule has 3 saturated carbocycles. The molecular weight excluding hydrogens is 536 g/mol. The smallest absolute Gasteiger partial charge is 0.325 e. The van der Waals surface area contributed by atoms with Crippen molar-refractivity contribution < 1.29 is 49.4 Å². The molecule has 0 saturated heterocycles. The summed E-state index contributed by atoms with van der Waals surface area (Å²) in [6.45, 7) is 2.96. The van der Waals surface area contributed by atoms with E-state index in [9.17, 15) is 29.4 Å². The van der Waals surface area contributed by atoms with Crippen LogP contribution in [0, 0.1) is 28.6 Å². The zero-order valence-corrected chi connectivity index (χ0v) is 23.7. The van der Waals surface area contributed by atoms with Gasteiger partial charge in [-0.3, -0.25) is 34.4 Å². The predicted octanol–water partition coefficient (Wildman–Crippen LogP) is 1.80. The average Bonchev–Trinajstić information content (AvgIpc) is 3.18. The number of allylic oxidation sites excluding steroid dienone is 4. The standard InChI is InChI=1S/C29H42N2O10/c1-27-11-9-19(32)14-18(27)7-8-20-21-10-12-29(37,28(21,2)15-22(33)26(20)27)23(34)17-40-25(36)16-30-24(35)6-4-3-5-13-41-31(38)39/h9,11,14,20-22,26,33,37-39H,3-8,10,12-13,15-17H2,1-2H3,(H,30,35)/t20-,21-,22-,26+,27-,28-,29-/m0/s1. The van der Waals surface area contributed by atoms with Crippen molar-refractivity contribution in [2.75, 3.05) is 19.8 Å². The highest BCUT2D eigenvalue weighted by atomic mass is 17.1. The number of aliphatic hydroxyl groups is 2. The second-order valence-corrected chi connectivity index (χ2v) is 12.4. The lowest BCUT2D eigenvalue weighted by Crippen LogP contribution is -2.61. The Morgan fingerprint density at radius 2 is 1.90 bits per heavy atom. The summed E-state index contributed by atoms with van der Waals surface area (Å²) >= 11 is 0. The number of nitrogens with zero attached hydrogens (tertiary/aromatic N) is 1. The molecule has 12 heteroatoms. The van der Waals surface area contributed by atoms with Crippen LogP contribution in [-0.2, 0) is 28.8 Å². The van der Waals surface area contributed by atoms with Gasteiger partial charge in [0.15, 0.2) is 12.4 Å². The maximum Gasteiger partial charge on any atom is 0.325 e. The van der Waals surface area contributed by atoms with Crippen molar-refractivity contribution in [3.05, 3.63) is 23.8 Å². The number of ether oxygens (including phenoxy) is 1. The third-order valence-electron chi connectivity index (χ3n) is 10.2. The monoisotopic (exact) mass is 578 g/mol. The fraction of sp³-hybridized carbons (Fsp3) is 0.724. The zero-order valence-electron chi connectivity index (χ0n) is 23.7. The van der Waals surface area contributed by atoms with Crippen LogP contribution in [0.2, 0.25) is 0 Å². The minimum absolute atomic E-state index is 0.0120. The van der Waals surface area contributed by atoms with Crippen LogP contribution in [0.4, 0.5) is 0 Å². The molecule has 41 heavy (non-hydrogen) atoms. The number of hydrogen-bond acceptors (Lipinski definition) is 11. The van der Waals surface area contributed by atoms with Crippen LogP contribution < -0.4 is 5.32 Å². The summed E-state index contributed by atoms with van der Waals surface area (Å²) < 4.78 is 5.12. The summed E-state index contributed by atoms with van der Waals surface area (Å²) in [5.41, 5.74) is -2.06. The molecule has 5 N–H and O–H groups in total. The van der Waals surface area contributed by atoms with Gasteiger partial charge >= 0.3 is 5.97 Å². The van der Waals surface area contributed by atoms with E-state index in [1.807, 2.05) is 13.0 Å². The van der Waals surface area contributed by atoms with Crippen molar-refractivity contribution >= 4 is 23.4 Å². The zero-order chi connectivity index (χ0) is 30.0. The molecule has 0 heterocycles. The van der Waals surface area contributed by atoms with Gasteiger partial charge in [0.1, 0.15) is 12.1 Å². The Balaban J connectivity index is 1.28. The van der Waals surface area contributed by atoms with E-state index in [2.05, 4.69) is 17.1 Å². The van der Waals surface area contributed by atoms with Gasteiger partial charge in [-0.1, -0.05) is 31.9 Å². The fourth-order valence-electron chi connectivity index (χ4n) is 8.07. The fourth-order valence-corrected chi connectivity index (χ4v) is 8.07. The van der Waals surface area contributed by atoms with Crippen LogP contribution in [0.15, 0.2) is 23.8 Å². The second-order valence-electron chi connectivity index (χ2n) is 12.4. The van der Waals surface area contributed by atoms with E-state index < -0.39 is 47.4 Å². The molecule has 4 aliphatic rings. The van der Waals surface area contributed by atoms with E-state index in [-0.39, 0.29) is 60.7 Å².